The lowest BCUT2D eigenvalue weighted by molar-refractivity contribution is 0.669. The van der Waals surface area contributed by atoms with Crippen molar-refractivity contribution in [2.24, 2.45) is 0 Å². The van der Waals surface area contributed by atoms with Crippen molar-refractivity contribution < 1.29 is 4.42 Å². The van der Waals surface area contributed by atoms with Gasteiger partial charge in [-0.15, -0.1) is 11.3 Å². The third-order valence-electron chi connectivity index (χ3n) is 10.6. The predicted octanol–water partition coefficient (Wildman–Crippen LogP) is 14.1. The van der Waals surface area contributed by atoms with E-state index in [-0.39, 0.29) is 0 Å². The lowest BCUT2D eigenvalue weighted by Gasteiger charge is -2.09. The summed E-state index contributed by atoms with van der Waals surface area (Å²) in [5, 5.41) is 4.69. The van der Waals surface area contributed by atoms with Gasteiger partial charge in [0.1, 0.15) is 11.2 Å². The van der Waals surface area contributed by atoms with Gasteiger partial charge in [-0.2, -0.15) is 0 Å². The van der Waals surface area contributed by atoms with Crippen molar-refractivity contribution in [2.75, 3.05) is 0 Å². The molecule has 0 aliphatic heterocycles. The lowest BCUT2D eigenvalue weighted by atomic mass is 9.94. The summed E-state index contributed by atoms with van der Waals surface area (Å²) in [4.78, 5) is 15.0. The maximum absolute atomic E-state index is 6.67. The quantitative estimate of drug-likeness (QED) is 0.171. The van der Waals surface area contributed by atoms with Gasteiger partial charge in [-0.1, -0.05) is 152 Å². The molecule has 0 amide bonds. The van der Waals surface area contributed by atoms with Crippen molar-refractivity contribution >= 4 is 53.4 Å². The molecule has 0 aliphatic rings. The molecule has 0 radical (unpaired) electrons. The second kappa shape index (κ2) is 13.3. The Bertz CT molecular complexity index is 3230. The van der Waals surface area contributed by atoms with Crippen LogP contribution in [0.3, 0.4) is 0 Å². The molecule has 0 unspecified atom stereocenters. The highest BCUT2D eigenvalue weighted by Gasteiger charge is 2.18. The predicted molar refractivity (Wildman–Crippen MR) is 233 cm³/mol. The second-order valence-electron chi connectivity index (χ2n) is 14.0. The molecule has 0 N–H and O–H groups in total. The maximum Gasteiger partial charge on any atom is 0.164 e. The Labute approximate surface area is 327 Å². The maximum atomic E-state index is 6.67. The van der Waals surface area contributed by atoms with Crippen LogP contribution in [0.5, 0.6) is 0 Å². The molecule has 262 valence electrons. The van der Waals surface area contributed by atoms with Crippen LogP contribution < -0.4 is 0 Å². The van der Waals surface area contributed by atoms with Gasteiger partial charge in [0.15, 0.2) is 17.5 Å². The number of aromatic nitrogens is 3. The van der Waals surface area contributed by atoms with Crippen molar-refractivity contribution in [1.29, 1.82) is 0 Å². The molecule has 11 rings (SSSR count). The number of thiophene rings is 1. The van der Waals surface area contributed by atoms with Gasteiger partial charge in [-0.25, -0.2) is 15.0 Å². The summed E-state index contributed by atoms with van der Waals surface area (Å²) in [6.45, 7) is 0. The Morgan fingerprint density at radius 1 is 0.321 bits per heavy atom. The van der Waals surface area contributed by atoms with E-state index in [0.717, 1.165) is 49.8 Å². The van der Waals surface area contributed by atoms with E-state index in [2.05, 4.69) is 152 Å². The molecule has 0 saturated carbocycles. The van der Waals surface area contributed by atoms with E-state index in [0.29, 0.717) is 17.5 Å². The SMILES string of the molecule is c1ccc(-c2ccc(-c3nc(-c4ccccc4)nc(-c4ccc5c(c4)oc4cc(-c6cccc7sc8cccc(-c9ccccc9)c8c67)ccc45)n3)cc2)cc1. The second-order valence-corrected chi connectivity index (χ2v) is 15.0. The standard InChI is InChI=1S/C51H31N3OS/c1-4-12-32(13-5-1)33-22-24-36(25-23-33)50-52-49(35-16-8-3-9-17-35)53-51(54-50)38-27-29-42-41-28-26-37(30-43(41)55-44(42)31-38)40-19-11-21-46-48(40)47-39(18-10-20-45(47)56-46)34-14-6-2-7-15-34/h1-31H. The van der Waals surface area contributed by atoms with Crippen LogP contribution in [0.2, 0.25) is 0 Å². The van der Waals surface area contributed by atoms with Crippen molar-refractivity contribution in [3.8, 4) is 67.5 Å². The number of hydrogen-bond acceptors (Lipinski definition) is 5. The molecule has 0 saturated heterocycles. The Morgan fingerprint density at radius 2 is 0.732 bits per heavy atom. The Kier molecular flexibility index (Phi) is 7.64. The first-order valence-corrected chi connectivity index (χ1v) is 19.5. The molecule has 0 fully saturated rings. The molecular formula is C51H31N3OS. The van der Waals surface area contributed by atoms with Gasteiger partial charge in [-0.3, -0.25) is 0 Å². The first-order valence-electron chi connectivity index (χ1n) is 18.7. The monoisotopic (exact) mass is 733 g/mol. The van der Waals surface area contributed by atoms with Gasteiger partial charge < -0.3 is 4.42 Å². The van der Waals surface area contributed by atoms with Gasteiger partial charge in [0.05, 0.1) is 0 Å². The normalized spacial score (nSPS) is 11.6. The van der Waals surface area contributed by atoms with E-state index < -0.39 is 0 Å². The van der Waals surface area contributed by atoms with E-state index in [1.807, 2.05) is 47.7 Å². The highest BCUT2D eigenvalue weighted by molar-refractivity contribution is 7.26. The number of nitrogens with zero attached hydrogens (tertiary/aromatic N) is 3. The van der Waals surface area contributed by atoms with Crippen LogP contribution in [-0.4, -0.2) is 15.0 Å². The smallest absolute Gasteiger partial charge is 0.164 e. The minimum atomic E-state index is 0.592. The summed E-state index contributed by atoms with van der Waals surface area (Å²) in [6, 6.07) is 65.6. The Balaban J connectivity index is 1.01. The highest BCUT2D eigenvalue weighted by Crippen LogP contribution is 2.45. The minimum Gasteiger partial charge on any atom is -0.456 e. The summed E-state index contributed by atoms with van der Waals surface area (Å²) in [6.07, 6.45) is 0. The van der Waals surface area contributed by atoms with Crippen molar-refractivity contribution in [2.45, 2.75) is 0 Å². The largest absolute Gasteiger partial charge is 0.456 e. The first kappa shape index (κ1) is 32.2. The number of hydrogen-bond donors (Lipinski definition) is 0. The molecule has 0 bridgehead atoms. The molecule has 8 aromatic carbocycles. The summed E-state index contributed by atoms with van der Waals surface area (Å²) < 4.78 is 9.22. The van der Waals surface area contributed by atoms with Gasteiger partial charge in [0.25, 0.3) is 0 Å². The van der Waals surface area contributed by atoms with E-state index >= 15 is 0 Å². The molecule has 0 aliphatic carbocycles. The van der Waals surface area contributed by atoms with Crippen LogP contribution >= 0.6 is 11.3 Å². The summed E-state index contributed by atoms with van der Waals surface area (Å²) in [5.41, 5.74) is 11.4. The molecule has 4 nitrogen and oxygen atoms in total. The third-order valence-corrected chi connectivity index (χ3v) is 11.7. The number of rotatable bonds is 6. The van der Waals surface area contributed by atoms with Gasteiger partial charge in [0, 0.05) is 47.6 Å². The number of benzene rings is 8. The summed E-state index contributed by atoms with van der Waals surface area (Å²) >= 11 is 1.85. The summed E-state index contributed by atoms with van der Waals surface area (Å²) in [5.74, 6) is 1.83. The first-order chi connectivity index (χ1) is 27.7. The molecule has 3 aromatic heterocycles. The van der Waals surface area contributed by atoms with Crippen LogP contribution in [0.25, 0.3) is 110 Å². The highest BCUT2D eigenvalue weighted by atomic mass is 32.1. The minimum absolute atomic E-state index is 0.592. The van der Waals surface area contributed by atoms with Crippen LogP contribution in [0.15, 0.2) is 192 Å². The van der Waals surface area contributed by atoms with Crippen LogP contribution in [-0.2, 0) is 0 Å². The number of fused-ring (bicyclic) bond motifs is 6. The van der Waals surface area contributed by atoms with Crippen molar-refractivity contribution in [3.05, 3.63) is 188 Å². The van der Waals surface area contributed by atoms with E-state index in [4.69, 9.17) is 19.4 Å². The van der Waals surface area contributed by atoms with Gasteiger partial charge in [0.2, 0.25) is 0 Å². The van der Waals surface area contributed by atoms with Crippen LogP contribution in [0.1, 0.15) is 0 Å². The molecular weight excluding hydrogens is 703 g/mol. The summed E-state index contributed by atoms with van der Waals surface area (Å²) in [7, 11) is 0. The fourth-order valence-corrected chi connectivity index (χ4v) is 9.00. The van der Waals surface area contributed by atoms with Gasteiger partial charge in [-0.05, 0) is 69.8 Å². The molecule has 56 heavy (non-hydrogen) atoms. The van der Waals surface area contributed by atoms with E-state index in [1.54, 1.807) is 0 Å². The fraction of sp³-hybridized carbons (Fsp3) is 0. The fourth-order valence-electron chi connectivity index (χ4n) is 7.84. The zero-order valence-electron chi connectivity index (χ0n) is 30.1. The zero-order valence-corrected chi connectivity index (χ0v) is 30.9. The van der Waals surface area contributed by atoms with Crippen molar-refractivity contribution in [1.82, 2.24) is 15.0 Å². The topological polar surface area (TPSA) is 51.8 Å². The van der Waals surface area contributed by atoms with E-state index in [1.165, 1.54) is 42.4 Å². The lowest BCUT2D eigenvalue weighted by Crippen LogP contribution is -2.00. The van der Waals surface area contributed by atoms with E-state index in [9.17, 15) is 0 Å². The zero-order chi connectivity index (χ0) is 37.0. The average Bonchev–Trinajstić information content (AvgIpc) is 3.85. The molecule has 11 aromatic rings. The Morgan fingerprint density at radius 3 is 1.32 bits per heavy atom. The van der Waals surface area contributed by atoms with Crippen LogP contribution in [0.4, 0.5) is 0 Å². The van der Waals surface area contributed by atoms with Crippen molar-refractivity contribution in [3.63, 3.8) is 0 Å². The van der Waals surface area contributed by atoms with Crippen LogP contribution in [0, 0.1) is 0 Å². The molecule has 0 atom stereocenters. The average molecular weight is 734 g/mol. The molecule has 3 heterocycles. The van der Waals surface area contributed by atoms with Gasteiger partial charge >= 0.3 is 0 Å². The number of furan rings is 1. The third kappa shape index (κ3) is 5.56. The Hall–Kier alpha value is -7.21. The molecule has 0 spiro atoms. The molecule has 5 heteroatoms.